The summed E-state index contributed by atoms with van der Waals surface area (Å²) in [5.74, 6) is 0. The normalized spacial score (nSPS) is 21.0. The molecule has 1 aromatic carbocycles. The molecule has 4 nitrogen and oxygen atoms in total. The molecule has 1 aliphatic carbocycles. The zero-order valence-electron chi connectivity index (χ0n) is 14.4. The van der Waals surface area contributed by atoms with E-state index in [4.69, 9.17) is 4.74 Å². The highest BCUT2D eigenvalue weighted by atomic mass is 16.5. The van der Waals surface area contributed by atoms with E-state index in [2.05, 4.69) is 61.6 Å². The van der Waals surface area contributed by atoms with Gasteiger partial charge in [-0.1, -0.05) is 12.1 Å². The van der Waals surface area contributed by atoms with Gasteiger partial charge in [0.2, 0.25) is 0 Å². The fourth-order valence-corrected chi connectivity index (χ4v) is 3.39. The van der Waals surface area contributed by atoms with Crippen LogP contribution < -0.4 is 5.32 Å². The predicted octanol–water partition coefficient (Wildman–Crippen LogP) is 3.54. The van der Waals surface area contributed by atoms with Crippen LogP contribution >= 0.6 is 0 Å². The summed E-state index contributed by atoms with van der Waals surface area (Å²) in [5.41, 5.74) is 4.71. The molecule has 2 atom stereocenters. The minimum atomic E-state index is 0.368. The van der Waals surface area contributed by atoms with E-state index in [0.717, 1.165) is 24.5 Å². The van der Waals surface area contributed by atoms with Gasteiger partial charge in [-0.05, 0) is 57.7 Å². The minimum absolute atomic E-state index is 0.368. The van der Waals surface area contributed by atoms with E-state index in [1.807, 2.05) is 4.68 Å². The Morgan fingerprint density at radius 3 is 2.96 bits per heavy atom. The largest absolute Gasteiger partial charge is 0.377 e. The molecule has 1 aliphatic rings. The maximum atomic E-state index is 5.84. The monoisotopic (exact) mass is 313 g/mol. The molecule has 4 heteroatoms. The van der Waals surface area contributed by atoms with Crippen molar-refractivity contribution in [3.8, 4) is 5.69 Å². The first kappa shape index (κ1) is 16.2. The van der Waals surface area contributed by atoms with Crippen molar-refractivity contribution in [2.24, 2.45) is 0 Å². The molecule has 0 amide bonds. The van der Waals surface area contributed by atoms with Crippen molar-refractivity contribution in [1.29, 1.82) is 0 Å². The molecule has 124 valence electrons. The van der Waals surface area contributed by atoms with Gasteiger partial charge >= 0.3 is 0 Å². The molecule has 2 aromatic rings. The van der Waals surface area contributed by atoms with Crippen molar-refractivity contribution < 1.29 is 4.74 Å². The summed E-state index contributed by atoms with van der Waals surface area (Å²) in [5, 5.41) is 8.34. The first-order valence-electron chi connectivity index (χ1n) is 8.64. The number of benzene rings is 1. The number of nitrogens with zero attached hydrogens (tertiary/aromatic N) is 2. The fourth-order valence-electron chi connectivity index (χ4n) is 3.39. The van der Waals surface area contributed by atoms with Crippen molar-refractivity contribution >= 4 is 0 Å². The maximum Gasteiger partial charge on any atom is 0.0727 e. The molecule has 1 aromatic heterocycles. The second-order valence-corrected chi connectivity index (χ2v) is 6.44. The Bertz CT molecular complexity index is 650. The second kappa shape index (κ2) is 7.28. The van der Waals surface area contributed by atoms with Gasteiger partial charge in [0.15, 0.2) is 0 Å². The number of aromatic nitrogens is 2. The molecular weight excluding hydrogens is 286 g/mol. The first-order valence-corrected chi connectivity index (χ1v) is 8.64. The molecule has 1 heterocycles. The molecule has 0 saturated heterocycles. The van der Waals surface area contributed by atoms with Crippen LogP contribution in [0.15, 0.2) is 30.5 Å². The smallest absolute Gasteiger partial charge is 0.0727 e. The third kappa shape index (κ3) is 3.82. The van der Waals surface area contributed by atoms with Gasteiger partial charge < -0.3 is 10.1 Å². The molecule has 0 aliphatic heterocycles. The molecule has 1 saturated carbocycles. The Morgan fingerprint density at radius 1 is 1.30 bits per heavy atom. The van der Waals surface area contributed by atoms with Crippen molar-refractivity contribution in [3.05, 3.63) is 47.3 Å². The van der Waals surface area contributed by atoms with Gasteiger partial charge in [0.1, 0.15) is 0 Å². The summed E-state index contributed by atoms with van der Waals surface area (Å²) in [6.45, 7) is 7.92. The second-order valence-electron chi connectivity index (χ2n) is 6.44. The van der Waals surface area contributed by atoms with E-state index in [9.17, 15) is 0 Å². The Hall–Kier alpha value is -1.65. The number of ether oxygens (including phenoxy) is 1. The Labute approximate surface area is 138 Å². The van der Waals surface area contributed by atoms with Crippen LogP contribution in [0.1, 0.15) is 43.0 Å². The highest BCUT2D eigenvalue weighted by molar-refractivity contribution is 5.36. The van der Waals surface area contributed by atoms with Crippen LogP contribution in [0.2, 0.25) is 0 Å². The molecule has 3 rings (SSSR count). The molecule has 0 spiro atoms. The number of hydrogen-bond donors (Lipinski definition) is 1. The lowest BCUT2D eigenvalue weighted by Crippen LogP contribution is -2.36. The zero-order valence-corrected chi connectivity index (χ0v) is 14.4. The summed E-state index contributed by atoms with van der Waals surface area (Å²) in [6, 6.07) is 8.91. The van der Waals surface area contributed by atoms with Crippen LogP contribution in [-0.4, -0.2) is 28.5 Å². The van der Waals surface area contributed by atoms with E-state index in [-0.39, 0.29) is 0 Å². The lowest BCUT2D eigenvalue weighted by molar-refractivity contribution is 0.0484. The van der Waals surface area contributed by atoms with Gasteiger partial charge in [0.25, 0.3) is 0 Å². The standard InChI is InChI=1S/C19H27N3O/c1-4-23-19-10-6-9-18(19)20-12-16-13-22(21-15(16)3)17-8-5-7-14(2)11-17/h5,7-8,11,13,18-20H,4,6,9-10,12H2,1-3H3/t18-,19-/m1/s1. The Balaban J connectivity index is 1.67. The lowest BCUT2D eigenvalue weighted by Gasteiger charge is -2.20. The highest BCUT2D eigenvalue weighted by Crippen LogP contribution is 2.23. The fraction of sp³-hybridized carbons (Fsp3) is 0.526. The highest BCUT2D eigenvalue weighted by Gasteiger charge is 2.27. The van der Waals surface area contributed by atoms with Crippen LogP contribution in [0.5, 0.6) is 0 Å². The van der Waals surface area contributed by atoms with Crippen LogP contribution in [0.25, 0.3) is 5.69 Å². The van der Waals surface area contributed by atoms with Crippen molar-refractivity contribution in [2.45, 2.75) is 58.7 Å². The topological polar surface area (TPSA) is 39.1 Å². The molecule has 23 heavy (non-hydrogen) atoms. The zero-order chi connectivity index (χ0) is 16.2. The maximum absolute atomic E-state index is 5.84. The Kier molecular flexibility index (Phi) is 5.13. The number of rotatable bonds is 6. The molecule has 0 unspecified atom stereocenters. The van der Waals surface area contributed by atoms with E-state index in [0.29, 0.717) is 12.1 Å². The lowest BCUT2D eigenvalue weighted by atomic mass is 10.2. The van der Waals surface area contributed by atoms with E-state index in [1.165, 1.54) is 30.4 Å². The van der Waals surface area contributed by atoms with E-state index >= 15 is 0 Å². The summed E-state index contributed by atoms with van der Waals surface area (Å²) in [4.78, 5) is 0. The van der Waals surface area contributed by atoms with Gasteiger partial charge in [0.05, 0.1) is 17.5 Å². The SMILES string of the molecule is CCO[C@@H]1CCC[C@H]1NCc1cn(-c2cccc(C)c2)nc1C. The van der Waals surface area contributed by atoms with Gasteiger partial charge in [0, 0.05) is 31.0 Å². The third-order valence-electron chi connectivity index (χ3n) is 4.65. The van der Waals surface area contributed by atoms with Crippen molar-refractivity contribution in [3.63, 3.8) is 0 Å². The summed E-state index contributed by atoms with van der Waals surface area (Å²) in [7, 11) is 0. The predicted molar refractivity (Wildman–Crippen MR) is 92.9 cm³/mol. The molecule has 1 fully saturated rings. The summed E-state index contributed by atoms with van der Waals surface area (Å²) in [6.07, 6.45) is 6.14. The molecule has 0 radical (unpaired) electrons. The quantitative estimate of drug-likeness (QED) is 0.886. The number of nitrogens with one attached hydrogen (secondary N) is 1. The van der Waals surface area contributed by atoms with E-state index < -0.39 is 0 Å². The van der Waals surface area contributed by atoms with Gasteiger partial charge in [-0.2, -0.15) is 5.10 Å². The van der Waals surface area contributed by atoms with Gasteiger partial charge in [-0.3, -0.25) is 0 Å². The number of hydrogen-bond acceptors (Lipinski definition) is 3. The first-order chi connectivity index (χ1) is 11.2. The minimum Gasteiger partial charge on any atom is -0.377 e. The van der Waals surface area contributed by atoms with Crippen LogP contribution in [0.4, 0.5) is 0 Å². The van der Waals surface area contributed by atoms with E-state index in [1.54, 1.807) is 0 Å². The van der Waals surface area contributed by atoms with Gasteiger partial charge in [-0.15, -0.1) is 0 Å². The summed E-state index contributed by atoms with van der Waals surface area (Å²) < 4.78 is 7.82. The average molecular weight is 313 g/mol. The molecule has 1 N–H and O–H groups in total. The number of aryl methyl sites for hydroxylation is 2. The van der Waals surface area contributed by atoms with Crippen molar-refractivity contribution in [1.82, 2.24) is 15.1 Å². The van der Waals surface area contributed by atoms with Crippen molar-refractivity contribution in [2.75, 3.05) is 6.61 Å². The third-order valence-corrected chi connectivity index (χ3v) is 4.65. The average Bonchev–Trinajstić information content (AvgIpc) is 3.12. The van der Waals surface area contributed by atoms with Gasteiger partial charge in [-0.25, -0.2) is 4.68 Å². The molecular formula is C19H27N3O. The van der Waals surface area contributed by atoms with Crippen LogP contribution in [-0.2, 0) is 11.3 Å². The van der Waals surface area contributed by atoms with Crippen LogP contribution in [0.3, 0.4) is 0 Å². The molecule has 0 bridgehead atoms. The summed E-state index contributed by atoms with van der Waals surface area (Å²) >= 11 is 0. The Morgan fingerprint density at radius 2 is 2.17 bits per heavy atom. The van der Waals surface area contributed by atoms with Crippen LogP contribution in [0, 0.1) is 13.8 Å².